The first-order chi connectivity index (χ1) is 15.8. The lowest BCUT2D eigenvalue weighted by Crippen LogP contribution is -2.29. The maximum absolute atomic E-state index is 13.4. The van der Waals surface area contributed by atoms with Crippen LogP contribution in [-0.2, 0) is 25.1 Å². The Labute approximate surface area is 194 Å². The number of sulfone groups is 1. The Morgan fingerprint density at radius 3 is 2.33 bits per heavy atom. The molecule has 0 amide bonds. The van der Waals surface area contributed by atoms with Gasteiger partial charge in [-0.05, 0) is 26.0 Å². The minimum atomic E-state index is -3.61. The predicted octanol–water partition coefficient (Wildman–Crippen LogP) is 2.38. The van der Waals surface area contributed by atoms with Crippen LogP contribution in [0.25, 0.3) is 11.4 Å². The van der Waals surface area contributed by atoms with Gasteiger partial charge in [0.25, 0.3) is 0 Å². The normalized spacial score (nSPS) is 13.9. The van der Waals surface area contributed by atoms with Crippen LogP contribution in [0.15, 0.2) is 36.9 Å². The summed E-state index contributed by atoms with van der Waals surface area (Å²) in [5, 5.41) is 7.86. The number of ether oxygens (including phenoxy) is 2. The van der Waals surface area contributed by atoms with Gasteiger partial charge in [-0.1, -0.05) is 6.92 Å². The lowest BCUT2D eigenvalue weighted by atomic mass is 10.1. The number of aromatic nitrogens is 6. The van der Waals surface area contributed by atoms with Crippen LogP contribution < -0.4 is 0 Å². The molecule has 0 radical (unpaired) electrons. The smallest absolute Gasteiger partial charge is 0.165 e. The van der Waals surface area contributed by atoms with Crippen molar-refractivity contribution in [3.8, 4) is 11.4 Å². The van der Waals surface area contributed by atoms with E-state index < -0.39 is 15.1 Å². The second-order valence-corrected chi connectivity index (χ2v) is 10.4. The first-order valence-corrected chi connectivity index (χ1v) is 12.3. The fraction of sp³-hybridized carbons (Fsp3) is 0.500. The fourth-order valence-electron chi connectivity index (χ4n) is 3.58. The van der Waals surface area contributed by atoms with E-state index in [-0.39, 0.29) is 17.7 Å². The van der Waals surface area contributed by atoms with Crippen LogP contribution in [-0.4, -0.2) is 70.8 Å². The molecule has 0 aliphatic carbocycles. The summed E-state index contributed by atoms with van der Waals surface area (Å²) in [6.07, 6.45) is 6.59. The Hall–Kier alpha value is -2.76. The van der Waals surface area contributed by atoms with Gasteiger partial charge in [0.2, 0.25) is 0 Å². The first kappa shape index (κ1) is 24.9. The van der Waals surface area contributed by atoms with Gasteiger partial charge in [0.1, 0.15) is 11.6 Å². The summed E-state index contributed by atoms with van der Waals surface area (Å²) in [5.41, 5.74) is 2.13. The summed E-state index contributed by atoms with van der Waals surface area (Å²) < 4.78 is 39.4. The Morgan fingerprint density at radius 2 is 1.76 bits per heavy atom. The Balaban J connectivity index is 1.97. The largest absolute Gasteiger partial charge is 0.382 e. The number of rotatable bonds is 11. The van der Waals surface area contributed by atoms with Crippen LogP contribution >= 0.6 is 0 Å². The van der Waals surface area contributed by atoms with Crippen molar-refractivity contribution in [2.75, 3.05) is 27.4 Å². The standard InChI is InChI=1S/C22H30N6O4S/c1-15-9-25-20(11-24-15)16(2)17(3)33(29,30)14-21-26-27-22(18-7-6-8-23-10-18)28(21)19(12-31-4)13-32-5/h6-11,16-17,19H,12-14H2,1-5H3/t16-,17-/m0/s1. The van der Waals surface area contributed by atoms with Crippen molar-refractivity contribution < 1.29 is 17.9 Å². The van der Waals surface area contributed by atoms with Crippen molar-refractivity contribution >= 4 is 9.84 Å². The van der Waals surface area contributed by atoms with Crippen LogP contribution in [0.4, 0.5) is 0 Å². The average molecular weight is 475 g/mol. The minimum absolute atomic E-state index is 0.283. The number of pyridine rings is 1. The van der Waals surface area contributed by atoms with Crippen LogP contribution in [0, 0.1) is 6.92 Å². The third-order valence-electron chi connectivity index (χ3n) is 5.64. The SMILES string of the molecule is COCC(COC)n1c(CS(=O)(=O)[C@@H](C)[C@H](C)c2cnc(C)cn2)nnc1-c1cccnc1. The monoisotopic (exact) mass is 474 g/mol. The molecule has 0 fully saturated rings. The zero-order valence-corrected chi connectivity index (χ0v) is 20.4. The maximum atomic E-state index is 13.4. The van der Waals surface area contributed by atoms with Crippen molar-refractivity contribution in [2.45, 2.75) is 43.7 Å². The molecule has 0 aliphatic heterocycles. The van der Waals surface area contributed by atoms with E-state index >= 15 is 0 Å². The minimum Gasteiger partial charge on any atom is -0.382 e. The van der Waals surface area contributed by atoms with Gasteiger partial charge in [-0.15, -0.1) is 10.2 Å². The molecule has 0 saturated heterocycles. The van der Waals surface area contributed by atoms with E-state index in [2.05, 4.69) is 25.1 Å². The van der Waals surface area contributed by atoms with E-state index in [1.807, 2.05) is 19.9 Å². The molecule has 3 rings (SSSR count). The third kappa shape index (κ3) is 5.79. The topological polar surface area (TPSA) is 122 Å². The van der Waals surface area contributed by atoms with Gasteiger partial charge >= 0.3 is 0 Å². The number of nitrogens with zero attached hydrogens (tertiary/aromatic N) is 6. The van der Waals surface area contributed by atoms with E-state index in [1.165, 1.54) is 0 Å². The maximum Gasteiger partial charge on any atom is 0.165 e. The molecule has 3 aromatic rings. The van der Waals surface area contributed by atoms with E-state index in [0.29, 0.717) is 30.6 Å². The van der Waals surface area contributed by atoms with Crippen LogP contribution in [0.1, 0.15) is 43.0 Å². The highest BCUT2D eigenvalue weighted by Crippen LogP contribution is 2.28. The van der Waals surface area contributed by atoms with E-state index in [0.717, 1.165) is 11.3 Å². The van der Waals surface area contributed by atoms with Crippen molar-refractivity contribution in [3.63, 3.8) is 0 Å². The van der Waals surface area contributed by atoms with E-state index in [9.17, 15) is 8.42 Å². The van der Waals surface area contributed by atoms with Gasteiger partial charge in [-0.3, -0.25) is 15.0 Å². The predicted molar refractivity (Wildman–Crippen MR) is 123 cm³/mol. The molecular weight excluding hydrogens is 444 g/mol. The lowest BCUT2D eigenvalue weighted by Gasteiger charge is -2.23. The second-order valence-electron chi connectivity index (χ2n) is 8.00. The van der Waals surface area contributed by atoms with Crippen LogP contribution in [0.2, 0.25) is 0 Å². The molecule has 2 atom stereocenters. The van der Waals surface area contributed by atoms with E-state index in [4.69, 9.17) is 9.47 Å². The Kier molecular flexibility index (Phi) is 8.22. The summed E-state index contributed by atoms with van der Waals surface area (Å²) in [6, 6.07) is 3.33. The molecule has 3 aromatic heterocycles. The molecular formula is C22H30N6O4S. The molecule has 33 heavy (non-hydrogen) atoms. The molecule has 10 nitrogen and oxygen atoms in total. The van der Waals surface area contributed by atoms with Gasteiger partial charge in [-0.2, -0.15) is 0 Å². The first-order valence-electron chi connectivity index (χ1n) is 10.6. The van der Waals surface area contributed by atoms with Crippen molar-refractivity contribution in [1.29, 1.82) is 0 Å². The molecule has 0 N–H and O–H groups in total. The van der Waals surface area contributed by atoms with Gasteiger partial charge < -0.3 is 14.0 Å². The molecule has 0 spiro atoms. The molecule has 0 aromatic carbocycles. The van der Waals surface area contributed by atoms with Crippen LogP contribution in [0.5, 0.6) is 0 Å². The van der Waals surface area contributed by atoms with Crippen molar-refractivity contribution in [2.24, 2.45) is 0 Å². The molecule has 11 heteroatoms. The molecule has 178 valence electrons. The Bertz CT molecular complexity index is 1130. The quantitative estimate of drug-likeness (QED) is 0.412. The van der Waals surface area contributed by atoms with Gasteiger partial charge in [0.05, 0.1) is 35.9 Å². The van der Waals surface area contributed by atoms with Crippen molar-refractivity contribution in [3.05, 3.63) is 54.1 Å². The fourth-order valence-corrected chi connectivity index (χ4v) is 5.16. The highest BCUT2D eigenvalue weighted by Gasteiger charge is 2.32. The summed E-state index contributed by atoms with van der Waals surface area (Å²) in [5.74, 6) is 0.208. The summed E-state index contributed by atoms with van der Waals surface area (Å²) in [4.78, 5) is 12.8. The van der Waals surface area contributed by atoms with Gasteiger partial charge in [0.15, 0.2) is 15.7 Å². The molecule has 0 saturated carbocycles. The summed E-state index contributed by atoms with van der Waals surface area (Å²) in [7, 11) is -0.448. The average Bonchev–Trinajstić information content (AvgIpc) is 3.21. The molecule has 0 unspecified atom stereocenters. The Morgan fingerprint density at radius 1 is 1.03 bits per heavy atom. The van der Waals surface area contributed by atoms with Crippen molar-refractivity contribution in [1.82, 2.24) is 29.7 Å². The molecule has 0 aliphatic rings. The molecule has 0 bridgehead atoms. The zero-order valence-electron chi connectivity index (χ0n) is 19.5. The number of methoxy groups -OCH3 is 2. The van der Waals surface area contributed by atoms with E-state index in [1.54, 1.807) is 56.6 Å². The highest BCUT2D eigenvalue weighted by atomic mass is 32.2. The lowest BCUT2D eigenvalue weighted by molar-refractivity contribution is 0.0890. The van der Waals surface area contributed by atoms with Gasteiger partial charge in [0, 0.05) is 50.5 Å². The summed E-state index contributed by atoms with van der Waals surface area (Å²) in [6.45, 7) is 5.97. The second kappa shape index (κ2) is 10.9. The molecule has 3 heterocycles. The third-order valence-corrected chi connectivity index (χ3v) is 7.84. The number of aryl methyl sites for hydroxylation is 1. The van der Waals surface area contributed by atoms with Crippen LogP contribution in [0.3, 0.4) is 0 Å². The number of hydrogen-bond donors (Lipinski definition) is 0. The van der Waals surface area contributed by atoms with Gasteiger partial charge in [-0.25, -0.2) is 8.42 Å². The highest BCUT2D eigenvalue weighted by molar-refractivity contribution is 7.91. The number of hydrogen-bond acceptors (Lipinski definition) is 9. The zero-order chi connectivity index (χ0) is 24.0. The summed E-state index contributed by atoms with van der Waals surface area (Å²) >= 11 is 0.